The van der Waals surface area contributed by atoms with E-state index < -0.39 is 29.7 Å². The van der Waals surface area contributed by atoms with Crippen LogP contribution in [0.25, 0.3) is 0 Å². The number of rotatable bonds is 32. The highest BCUT2D eigenvalue weighted by molar-refractivity contribution is 6.26. The largest absolute Gasteiger partial charge is 0.379 e. The quantitative estimate of drug-likeness (QED) is 0.0809. The van der Waals surface area contributed by atoms with Crippen molar-refractivity contribution in [3.63, 3.8) is 0 Å². The molecule has 0 radical (unpaired) electrons. The third kappa shape index (κ3) is 17.1. The molecule has 5 amide bonds. The van der Waals surface area contributed by atoms with Crippen molar-refractivity contribution in [3.8, 4) is 0 Å². The monoisotopic (exact) mass is 749 g/mol. The maximum absolute atomic E-state index is 13.2. The highest BCUT2D eigenvalue weighted by Crippen LogP contribution is 2.32. The minimum Gasteiger partial charge on any atom is -0.379 e. The van der Waals surface area contributed by atoms with Gasteiger partial charge in [0.05, 0.1) is 96.1 Å². The summed E-state index contributed by atoms with van der Waals surface area (Å²) < 4.78 is 38.7. The summed E-state index contributed by atoms with van der Waals surface area (Å²) in [5.41, 5.74) is 0.398. The number of carbonyl (C=O) groups excluding carboxylic acids is 5. The normalized spacial score (nSPS) is 15.6. The molecular weight excluding hydrogens is 690 g/mol. The first kappa shape index (κ1) is 44.1. The minimum absolute atomic E-state index is 0.0327. The zero-order chi connectivity index (χ0) is 37.9. The average molecular weight is 750 g/mol. The van der Waals surface area contributed by atoms with Crippen molar-refractivity contribution in [3.05, 3.63) is 29.3 Å². The number of benzene rings is 1. The second-order valence-corrected chi connectivity index (χ2v) is 12.7. The third-order valence-corrected chi connectivity index (χ3v) is 8.56. The van der Waals surface area contributed by atoms with E-state index in [2.05, 4.69) is 17.6 Å². The number of carbonyl (C=O) groups is 5. The molecule has 0 bridgehead atoms. The molecule has 298 valence electrons. The van der Waals surface area contributed by atoms with E-state index in [4.69, 9.17) is 33.2 Å². The van der Waals surface area contributed by atoms with E-state index in [0.29, 0.717) is 92.3 Å². The lowest BCUT2D eigenvalue weighted by Gasteiger charge is -2.27. The molecule has 1 saturated heterocycles. The van der Waals surface area contributed by atoms with Crippen molar-refractivity contribution in [2.24, 2.45) is 0 Å². The number of nitrogens with zero attached hydrogens (tertiary/aromatic N) is 1. The summed E-state index contributed by atoms with van der Waals surface area (Å²) >= 11 is 0. The molecule has 1 aromatic carbocycles. The summed E-state index contributed by atoms with van der Waals surface area (Å²) in [5.74, 6) is -2.69. The lowest BCUT2D eigenvalue weighted by molar-refractivity contribution is -0.136. The van der Waals surface area contributed by atoms with Crippen molar-refractivity contribution >= 4 is 35.2 Å². The van der Waals surface area contributed by atoms with Gasteiger partial charge in [0, 0.05) is 26.1 Å². The molecule has 2 heterocycles. The summed E-state index contributed by atoms with van der Waals surface area (Å²) in [4.78, 5) is 63.5. The van der Waals surface area contributed by atoms with Crippen LogP contribution in [0.2, 0.25) is 0 Å². The van der Waals surface area contributed by atoms with Crippen LogP contribution >= 0.6 is 0 Å². The number of hydrogen-bond donors (Lipinski definition) is 2. The zero-order valence-electron chi connectivity index (χ0n) is 31.3. The number of nitrogens with one attached hydrogen (secondary N) is 2. The number of piperidine rings is 1. The molecule has 2 aliphatic heterocycles. The van der Waals surface area contributed by atoms with Gasteiger partial charge in [-0.25, -0.2) is 0 Å². The van der Waals surface area contributed by atoms with Crippen LogP contribution in [0.4, 0.5) is 5.69 Å². The molecule has 1 atom stereocenters. The Labute approximate surface area is 313 Å². The fourth-order valence-electron chi connectivity index (χ4n) is 5.73. The van der Waals surface area contributed by atoms with Gasteiger partial charge in [-0.15, -0.1) is 0 Å². The van der Waals surface area contributed by atoms with Gasteiger partial charge in [0.25, 0.3) is 11.8 Å². The number of ether oxygens (including phenoxy) is 7. The molecule has 53 heavy (non-hydrogen) atoms. The number of hydrogen-bond acceptors (Lipinski definition) is 12. The van der Waals surface area contributed by atoms with Crippen LogP contribution in [0.1, 0.15) is 98.3 Å². The van der Waals surface area contributed by atoms with E-state index >= 15 is 0 Å². The van der Waals surface area contributed by atoms with Gasteiger partial charge in [-0.05, 0) is 37.8 Å². The second kappa shape index (κ2) is 27.3. The summed E-state index contributed by atoms with van der Waals surface area (Å²) in [6, 6.07) is 3.55. The number of unbranched alkanes of at least 4 members (excludes halogenated alkanes) is 6. The van der Waals surface area contributed by atoms with E-state index in [1.165, 1.54) is 31.7 Å². The van der Waals surface area contributed by atoms with Gasteiger partial charge in [-0.3, -0.25) is 34.2 Å². The maximum atomic E-state index is 13.2. The van der Waals surface area contributed by atoms with E-state index in [9.17, 15) is 24.0 Å². The topological polar surface area (TPSA) is 177 Å². The Morgan fingerprint density at radius 3 is 1.66 bits per heavy atom. The molecule has 1 fully saturated rings. The summed E-state index contributed by atoms with van der Waals surface area (Å²) in [6.07, 6.45) is 8.69. The standard InChI is InChI=1S/C38H59N3O12/c1-2-3-4-5-8-16-47-18-20-49-22-24-51-26-28-53-29-27-52-25-23-50-21-19-48-17-9-6-7-13-33(42)39-31-12-10-11-30-35(31)38(46)41(37(30)45)32-14-15-34(43)40-36(32)44/h10-12,32H,2-9,13-29H2,1H3,(H,39,42)(H,40,43,44). The van der Waals surface area contributed by atoms with Crippen LogP contribution in [0.15, 0.2) is 18.2 Å². The molecule has 0 saturated carbocycles. The number of fused-ring (bicyclic) bond motifs is 1. The van der Waals surface area contributed by atoms with Crippen molar-refractivity contribution in [2.75, 3.05) is 97.8 Å². The lowest BCUT2D eigenvalue weighted by atomic mass is 10.0. The van der Waals surface area contributed by atoms with Crippen molar-refractivity contribution < 1.29 is 57.1 Å². The highest BCUT2D eigenvalue weighted by atomic mass is 16.6. The van der Waals surface area contributed by atoms with E-state index in [0.717, 1.165) is 30.8 Å². The molecule has 1 unspecified atom stereocenters. The molecule has 15 heteroatoms. The summed E-state index contributed by atoms with van der Waals surface area (Å²) in [6.45, 7) is 9.68. The molecular formula is C38H59N3O12. The fraction of sp³-hybridized carbons (Fsp3) is 0.711. The van der Waals surface area contributed by atoms with Gasteiger partial charge in [-0.1, -0.05) is 45.1 Å². The molecule has 2 aliphatic rings. The molecule has 0 aliphatic carbocycles. The van der Waals surface area contributed by atoms with Crippen LogP contribution in [-0.2, 0) is 47.5 Å². The SMILES string of the molecule is CCCCCCCOCCOCCOCCOCCOCCOCCOCCCCCC(=O)Nc1cccc2c1C(=O)N(C1CCC(=O)NC1=O)C2=O. The molecule has 2 N–H and O–H groups in total. The van der Waals surface area contributed by atoms with Gasteiger partial charge in [-0.2, -0.15) is 0 Å². The maximum Gasteiger partial charge on any atom is 0.264 e. The Balaban J connectivity index is 1.06. The Bertz CT molecular complexity index is 1260. The lowest BCUT2D eigenvalue weighted by Crippen LogP contribution is -2.54. The Hall–Kier alpha value is -3.31. The summed E-state index contributed by atoms with van der Waals surface area (Å²) in [7, 11) is 0. The van der Waals surface area contributed by atoms with Crippen LogP contribution in [0.5, 0.6) is 0 Å². The number of amides is 5. The van der Waals surface area contributed by atoms with Crippen LogP contribution in [0, 0.1) is 0 Å². The van der Waals surface area contributed by atoms with Crippen LogP contribution in [-0.4, -0.2) is 133 Å². The van der Waals surface area contributed by atoms with Crippen LogP contribution < -0.4 is 10.6 Å². The Morgan fingerprint density at radius 2 is 1.15 bits per heavy atom. The average Bonchev–Trinajstić information content (AvgIpc) is 3.40. The Morgan fingerprint density at radius 1 is 0.660 bits per heavy atom. The Kier molecular flexibility index (Phi) is 22.7. The molecule has 0 spiro atoms. The molecule has 0 aromatic heterocycles. The first-order chi connectivity index (χ1) is 25.9. The summed E-state index contributed by atoms with van der Waals surface area (Å²) in [5, 5.41) is 4.91. The second-order valence-electron chi connectivity index (χ2n) is 12.7. The van der Waals surface area contributed by atoms with E-state index in [1.54, 1.807) is 12.1 Å². The highest BCUT2D eigenvalue weighted by Gasteiger charge is 2.45. The van der Waals surface area contributed by atoms with E-state index in [-0.39, 0.29) is 42.0 Å². The van der Waals surface area contributed by atoms with E-state index in [1.807, 2.05) is 0 Å². The number of anilines is 1. The number of imide groups is 2. The van der Waals surface area contributed by atoms with Gasteiger partial charge >= 0.3 is 0 Å². The molecule has 1 aromatic rings. The third-order valence-electron chi connectivity index (χ3n) is 8.56. The van der Waals surface area contributed by atoms with Gasteiger partial charge < -0.3 is 38.5 Å². The first-order valence-electron chi connectivity index (χ1n) is 19.1. The van der Waals surface area contributed by atoms with Gasteiger partial charge in [0.2, 0.25) is 17.7 Å². The van der Waals surface area contributed by atoms with Crippen molar-refractivity contribution in [2.45, 2.75) is 83.6 Å². The smallest absolute Gasteiger partial charge is 0.264 e. The fourth-order valence-corrected chi connectivity index (χ4v) is 5.73. The van der Waals surface area contributed by atoms with Crippen LogP contribution in [0.3, 0.4) is 0 Å². The van der Waals surface area contributed by atoms with Crippen molar-refractivity contribution in [1.82, 2.24) is 10.2 Å². The predicted molar refractivity (Wildman–Crippen MR) is 195 cm³/mol. The van der Waals surface area contributed by atoms with Gasteiger partial charge in [0.1, 0.15) is 6.04 Å². The first-order valence-corrected chi connectivity index (χ1v) is 19.1. The molecule has 15 nitrogen and oxygen atoms in total. The minimum atomic E-state index is -1.07. The zero-order valence-corrected chi connectivity index (χ0v) is 31.3. The molecule has 3 rings (SSSR count). The van der Waals surface area contributed by atoms with Gasteiger partial charge in [0.15, 0.2) is 0 Å². The van der Waals surface area contributed by atoms with Crippen molar-refractivity contribution in [1.29, 1.82) is 0 Å². The predicted octanol–water partition coefficient (Wildman–Crippen LogP) is 3.67.